The Bertz CT molecular complexity index is 569. The SMILES string of the molecule is CN1CCCCC(C(=O)N(CCN)Cc2cccc(Cl)c2)C1=O.Cl. The van der Waals surface area contributed by atoms with Crippen LogP contribution in [0.3, 0.4) is 0 Å². The van der Waals surface area contributed by atoms with Crippen LogP contribution in [0.15, 0.2) is 24.3 Å². The molecule has 0 spiro atoms. The quantitative estimate of drug-likeness (QED) is 0.805. The van der Waals surface area contributed by atoms with Crippen LogP contribution in [0.1, 0.15) is 24.8 Å². The number of nitrogens with zero attached hydrogens (tertiary/aromatic N) is 2. The molecule has 1 aliphatic heterocycles. The van der Waals surface area contributed by atoms with E-state index in [1.165, 1.54) is 0 Å². The van der Waals surface area contributed by atoms with Crippen molar-refractivity contribution in [2.75, 3.05) is 26.7 Å². The van der Waals surface area contributed by atoms with Crippen molar-refractivity contribution in [1.29, 1.82) is 0 Å². The number of rotatable bonds is 5. The van der Waals surface area contributed by atoms with Gasteiger partial charge in [-0.3, -0.25) is 9.59 Å². The average Bonchev–Trinajstić information content (AvgIpc) is 2.69. The summed E-state index contributed by atoms with van der Waals surface area (Å²) < 4.78 is 0. The van der Waals surface area contributed by atoms with Crippen molar-refractivity contribution in [3.05, 3.63) is 34.9 Å². The fourth-order valence-corrected chi connectivity index (χ4v) is 3.14. The monoisotopic (exact) mass is 373 g/mol. The summed E-state index contributed by atoms with van der Waals surface area (Å²) in [5, 5.41) is 0.632. The minimum absolute atomic E-state index is 0. The Morgan fingerprint density at radius 2 is 2.17 bits per heavy atom. The highest BCUT2D eigenvalue weighted by Crippen LogP contribution is 2.21. The maximum atomic E-state index is 12.9. The van der Waals surface area contributed by atoms with E-state index in [1.807, 2.05) is 18.2 Å². The molecule has 5 nitrogen and oxygen atoms in total. The lowest BCUT2D eigenvalue weighted by Gasteiger charge is -2.27. The van der Waals surface area contributed by atoms with Gasteiger partial charge in [0.2, 0.25) is 11.8 Å². The number of benzene rings is 1. The third kappa shape index (κ3) is 5.36. The molecule has 0 aromatic heterocycles. The van der Waals surface area contributed by atoms with Gasteiger partial charge in [0.1, 0.15) is 5.92 Å². The normalized spacial score (nSPS) is 17.9. The Kier molecular flexibility index (Phi) is 8.53. The van der Waals surface area contributed by atoms with E-state index in [4.69, 9.17) is 17.3 Å². The number of hydrogen-bond acceptors (Lipinski definition) is 3. The van der Waals surface area contributed by atoms with Gasteiger partial charge in [0, 0.05) is 38.2 Å². The van der Waals surface area contributed by atoms with E-state index in [-0.39, 0.29) is 24.2 Å². The lowest BCUT2D eigenvalue weighted by molar-refractivity contribution is -0.146. The zero-order valence-corrected chi connectivity index (χ0v) is 15.5. The number of halogens is 2. The van der Waals surface area contributed by atoms with Crippen molar-refractivity contribution in [1.82, 2.24) is 9.80 Å². The molecule has 1 fully saturated rings. The average molecular weight is 374 g/mol. The summed E-state index contributed by atoms with van der Waals surface area (Å²) in [6, 6.07) is 7.40. The molecule has 2 rings (SSSR count). The van der Waals surface area contributed by atoms with Crippen LogP contribution in [0.2, 0.25) is 5.02 Å². The van der Waals surface area contributed by atoms with Gasteiger partial charge in [-0.05, 0) is 30.5 Å². The summed E-state index contributed by atoms with van der Waals surface area (Å²) in [4.78, 5) is 28.6. The van der Waals surface area contributed by atoms with Crippen molar-refractivity contribution >= 4 is 35.8 Å². The highest BCUT2D eigenvalue weighted by Gasteiger charge is 2.33. The fraction of sp³-hybridized carbons (Fsp3) is 0.529. The maximum absolute atomic E-state index is 12.9. The van der Waals surface area contributed by atoms with Gasteiger partial charge in [-0.2, -0.15) is 0 Å². The summed E-state index contributed by atoms with van der Waals surface area (Å²) in [7, 11) is 1.76. The molecule has 1 aromatic rings. The molecule has 24 heavy (non-hydrogen) atoms. The lowest BCUT2D eigenvalue weighted by atomic mass is 10.0. The highest BCUT2D eigenvalue weighted by molar-refractivity contribution is 6.30. The number of carbonyl (C=O) groups excluding carboxylic acids is 2. The van der Waals surface area contributed by atoms with E-state index in [1.54, 1.807) is 22.9 Å². The van der Waals surface area contributed by atoms with Gasteiger partial charge in [-0.15, -0.1) is 12.4 Å². The Morgan fingerprint density at radius 3 is 2.83 bits per heavy atom. The van der Waals surface area contributed by atoms with E-state index in [9.17, 15) is 9.59 Å². The first-order valence-corrected chi connectivity index (χ1v) is 8.39. The molecule has 1 aromatic carbocycles. The first-order valence-electron chi connectivity index (χ1n) is 8.01. The Hall–Kier alpha value is -1.30. The molecule has 1 unspecified atom stereocenters. The van der Waals surface area contributed by atoms with Crippen LogP contribution in [0, 0.1) is 5.92 Å². The van der Waals surface area contributed by atoms with Crippen LogP contribution in [0.25, 0.3) is 0 Å². The Morgan fingerprint density at radius 1 is 1.42 bits per heavy atom. The molecule has 0 radical (unpaired) electrons. The third-order valence-electron chi connectivity index (χ3n) is 4.18. The van der Waals surface area contributed by atoms with Crippen molar-refractivity contribution in [2.24, 2.45) is 11.7 Å². The van der Waals surface area contributed by atoms with Crippen molar-refractivity contribution < 1.29 is 9.59 Å². The predicted octanol–water partition coefficient (Wildman–Crippen LogP) is 2.31. The first kappa shape index (κ1) is 20.7. The third-order valence-corrected chi connectivity index (χ3v) is 4.42. The second kappa shape index (κ2) is 9.87. The van der Waals surface area contributed by atoms with E-state index < -0.39 is 5.92 Å². The topological polar surface area (TPSA) is 66.6 Å². The number of carbonyl (C=O) groups is 2. The molecule has 1 aliphatic rings. The number of nitrogens with two attached hydrogens (primary N) is 1. The van der Waals surface area contributed by atoms with Crippen LogP contribution in [0.5, 0.6) is 0 Å². The summed E-state index contributed by atoms with van der Waals surface area (Å²) >= 11 is 6.01. The second-order valence-electron chi connectivity index (χ2n) is 5.99. The minimum atomic E-state index is -0.590. The maximum Gasteiger partial charge on any atom is 0.235 e. The standard InChI is InChI=1S/C17H24ClN3O2.ClH/c1-20-9-3-2-7-15(16(20)22)17(23)21(10-8-19)12-13-5-4-6-14(18)11-13;/h4-6,11,15H,2-3,7-10,12,19H2,1H3;1H. The predicted molar refractivity (Wildman–Crippen MR) is 98.1 cm³/mol. The molecule has 2 amide bonds. The van der Waals surface area contributed by atoms with Crippen LogP contribution in [-0.2, 0) is 16.1 Å². The van der Waals surface area contributed by atoms with Gasteiger partial charge in [0.25, 0.3) is 0 Å². The lowest BCUT2D eigenvalue weighted by Crippen LogP contribution is -2.44. The van der Waals surface area contributed by atoms with Crippen molar-refractivity contribution in [2.45, 2.75) is 25.8 Å². The van der Waals surface area contributed by atoms with Gasteiger partial charge in [0.05, 0.1) is 0 Å². The van der Waals surface area contributed by atoms with Gasteiger partial charge >= 0.3 is 0 Å². The minimum Gasteiger partial charge on any atom is -0.345 e. The number of likely N-dealkylation sites (tertiary alicyclic amines) is 1. The van der Waals surface area contributed by atoms with Crippen LogP contribution < -0.4 is 5.73 Å². The zero-order valence-electron chi connectivity index (χ0n) is 13.9. The smallest absolute Gasteiger partial charge is 0.235 e. The summed E-state index contributed by atoms with van der Waals surface area (Å²) in [6.45, 7) is 1.93. The molecule has 1 heterocycles. The molecule has 7 heteroatoms. The molecular weight excluding hydrogens is 349 g/mol. The Balaban J connectivity index is 0.00000288. The van der Waals surface area contributed by atoms with Gasteiger partial charge in [0.15, 0.2) is 0 Å². The molecule has 0 bridgehead atoms. The zero-order chi connectivity index (χ0) is 16.8. The van der Waals surface area contributed by atoms with Crippen LogP contribution in [-0.4, -0.2) is 48.3 Å². The molecular formula is C17H25Cl2N3O2. The van der Waals surface area contributed by atoms with Crippen molar-refractivity contribution in [3.63, 3.8) is 0 Å². The van der Waals surface area contributed by atoms with Gasteiger partial charge < -0.3 is 15.5 Å². The van der Waals surface area contributed by atoms with Gasteiger partial charge in [-0.1, -0.05) is 30.2 Å². The summed E-state index contributed by atoms with van der Waals surface area (Å²) in [5.41, 5.74) is 6.60. The summed E-state index contributed by atoms with van der Waals surface area (Å²) in [5.74, 6) is -0.803. The molecule has 0 aliphatic carbocycles. The van der Waals surface area contributed by atoms with Crippen LogP contribution >= 0.6 is 24.0 Å². The fourth-order valence-electron chi connectivity index (χ4n) is 2.93. The largest absolute Gasteiger partial charge is 0.345 e. The van der Waals surface area contributed by atoms with Crippen molar-refractivity contribution in [3.8, 4) is 0 Å². The van der Waals surface area contributed by atoms with Crippen LogP contribution in [0.4, 0.5) is 0 Å². The Labute approximate surface area is 154 Å². The van der Waals surface area contributed by atoms with E-state index >= 15 is 0 Å². The van der Waals surface area contributed by atoms with E-state index in [0.29, 0.717) is 37.6 Å². The highest BCUT2D eigenvalue weighted by atomic mass is 35.5. The summed E-state index contributed by atoms with van der Waals surface area (Å²) in [6.07, 6.45) is 2.44. The van der Waals surface area contributed by atoms with Gasteiger partial charge in [-0.25, -0.2) is 0 Å². The molecule has 134 valence electrons. The number of hydrogen-bond donors (Lipinski definition) is 1. The van der Waals surface area contributed by atoms with E-state index in [0.717, 1.165) is 18.4 Å². The molecule has 1 atom stereocenters. The molecule has 1 saturated heterocycles. The first-order chi connectivity index (χ1) is 11.0. The molecule has 2 N–H and O–H groups in total. The second-order valence-corrected chi connectivity index (χ2v) is 6.42. The number of amides is 2. The van der Waals surface area contributed by atoms with E-state index in [2.05, 4.69) is 0 Å². The molecule has 0 saturated carbocycles.